The molecule has 6 heteroatoms. The molecule has 0 bridgehead atoms. The lowest BCUT2D eigenvalue weighted by molar-refractivity contribution is 0.183. The van der Waals surface area contributed by atoms with E-state index in [0.717, 1.165) is 11.1 Å². The smallest absolute Gasteiger partial charge is 0.163 e. The van der Waals surface area contributed by atoms with Crippen molar-refractivity contribution in [1.29, 1.82) is 5.26 Å². The first-order valence-electron chi connectivity index (χ1n) is 7.49. The van der Waals surface area contributed by atoms with E-state index >= 15 is 0 Å². The molecule has 2 heterocycles. The standard InChI is InChI=1S/C18H16N4OS/c19-10-16-6-7-18(21-20-16)22(11-14-4-2-1-3-5-14)12-17(23)15-8-9-24-13-15/h1-9,13,17,23H,11-12H2. The van der Waals surface area contributed by atoms with Gasteiger partial charge in [0, 0.05) is 13.1 Å². The minimum absolute atomic E-state index is 0.275. The molecule has 120 valence electrons. The molecule has 0 aliphatic heterocycles. The highest BCUT2D eigenvalue weighted by Crippen LogP contribution is 2.21. The van der Waals surface area contributed by atoms with Crippen molar-refractivity contribution in [1.82, 2.24) is 10.2 Å². The molecule has 2 aromatic heterocycles. The summed E-state index contributed by atoms with van der Waals surface area (Å²) in [4.78, 5) is 1.96. The van der Waals surface area contributed by atoms with Gasteiger partial charge in [0.15, 0.2) is 11.5 Å². The molecule has 0 fully saturated rings. The first-order valence-corrected chi connectivity index (χ1v) is 8.43. The highest BCUT2D eigenvalue weighted by Gasteiger charge is 2.16. The number of nitriles is 1. The Bertz CT molecular complexity index is 797. The number of anilines is 1. The van der Waals surface area contributed by atoms with Crippen LogP contribution in [-0.2, 0) is 6.54 Å². The summed E-state index contributed by atoms with van der Waals surface area (Å²) in [5.41, 5.74) is 2.28. The van der Waals surface area contributed by atoms with E-state index in [1.54, 1.807) is 23.5 Å². The number of hydrogen-bond donors (Lipinski definition) is 1. The van der Waals surface area contributed by atoms with E-state index in [2.05, 4.69) is 10.2 Å². The van der Waals surface area contributed by atoms with E-state index in [1.807, 2.05) is 58.1 Å². The number of aliphatic hydroxyl groups is 1. The summed E-state index contributed by atoms with van der Waals surface area (Å²) >= 11 is 1.56. The second kappa shape index (κ2) is 7.68. The molecule has 0 saturated carbocycles. The molecule has 0 spiro atoms. The number of aromatic nitrogens is 2. The van der Waals surface area contributed by atoms with Crippen molar-refractivity contribution in [2.24, 2.45) is 0 Å². The van der Waals surface area contributed by atoms with Crippen LogP contribution in [0.1, 0.15) is 22.9 Å². The van der Waals surface area contributed by atoms with Crippen molar-refractivity contribution in [3.8, 4) is 6.07 Å². The van der Waals surface area contributed by atoms with Gasteiger partial charge in [-0.2, -0.15) is 16.6 Å². The minimum atomic E-state index is -0.614. The van der Waals surface area contributed by atoms with Gasteiger partial charge in [-0.3, -0.25) is 0 Å². The summed E-state index contributed by atoms with van der Waals surface area (Å²) in [6.45, 7) is 0.995. The SMILES string of the molecule is N#Cc1ccc(N(Cc2ccccc2)CC(O)c2ccsc2)nn1. The quantitative estimate of drug-likeness (QED) is 0.748. The molecule has 0 amide bonds. The Morgan fingerprint density at radius 2 is 1.96 bits per heavy atom. The van der Waals surface area contributed by atoms with Crippen molar-refractivity contribution in [3.63, 3.8) is 0 Å². The summed E-state index contributed by atoms with van der Waals surface area (Å²) in [5.74, 6) is 0.632. The summed E-state index contributed by atoms with van der Waals surface area (Å²) < 4.78 is 0. The largest absolute Gasteiger partial charge is 0.387 e. The molecule has 1 aromatic carbocycles. The van der Waals surface area contributed by atoms with Crippen LogP contribution < -0.4 is 4.90 Å². The Kier molecular flexibility index (Phi) is 5.16. The van der Waals surface area contributed by atoms with Crippen LogP contribution in [0.15, 0.2) is 59.3 Å². The number of thiophene rings is 1. The summed E-state index contributed by atoms with van der Waals surface area (Å²) in [6, 6.07) is 17.3. The Morgan fingerprint density at radius 1 is 1.12 bits per heavy atom. The van der Waals surface area contributed by atoms with Crippen LogP contribution in [0.4, 0.5) is 5.82 Å². The number of rotatable bonds is 6. The van der Waals surface area contributed by atoms with Crippen LogP contribution >= 0.6 is 11.3 Å². The molecule has 0 aliphatic rings. The molecule has 24 heavy (non-hydrogen) atoms. The van der Waals surface area contributed by atoms with Gasteiger partial charge >= 0.3 is 0 Å². The third kappa shape index (κ3) is 3.96. The number of nitrogens with zero attached hydrogens (tertiary/aromatic N) is 4. The third-order valence-corrected chi connectivity index (χ3v) is 4.33. The molecular formula is C18H16N4OS. The van der Waals surface area contributed by atoms with Crippen LogP contribution in [0.3, 0.4) is 0 Å². The maximum absolute atomic E-state index is 10.5. The normalized spacial score (nSPS) is 11.7. The van der Waals surface area contributed by atoms with Crippen LogP contribution in [0.25, 0.3) is 0 Å². The fourth-order valence-electron chi connectivity index (χ4n) is 2.38. The molecule has 1 unspecified atom stereocenters. The van der Waals surface area contributed by atoms with Crippen LogP contribution in [-0.4, -0.2) is 21.8 Å². The maximum Gasteiger partial charge on any atom is 0.163 e. The lowest BCUT2D eigenvalue weighted by Crippen LogP contribution is -2.29. The van der Waals surface area contributed by atoms with Gasteiger partial charge in [-0.15, -0.1) is 10.2 Å². The van der Waals surface area contributed by atoms with Crippen LogP contribution in [0, 0.1) is 11.3 Å². The summed E-state index contributed by atoms with van der Waals surface area (Å²) in [7, 11) is 0. The van der Waals surface area contributed by atoms with Gasteiger partial charge in [0.05, 0.1) is 6.10 Å². The molecule has 0 saturated heterocycles. The molecular weight excluding hydrogens is 320 g/mol. The van der Waals surface area contributed by atoms with Gasteiger partial charge in [0.1, 0.15) is 6.07 Å². The van der Waals surface area contributed by atoms with E-state index < -0.39 is 6.10 Å². The topological polar surface area (TPSA) is 73.0 Å². The molecule has 5 nitrogen and oxygen atoms in total. The van der Waals surface area contributed by atoms with Gasteiger partial charge in [-0.05, 0) is 40.1 Å². The monoisotopic (exact) mass is 336 g/mol. The number of hydrogen-bond acceptors (Lipinski definition) is 6. The highest BCUT2D eigenvalue weighted by atomic mass is 32.1. The Balaban J connectivity index is 1.83. The van der Waals surface area contributed by atoms with Crippen molar-refractivity contribution in [2.45, 2.75) is 12.6 Å². The average molecular weight is 336 g/mol. The van der Waals surface area contributed by atoms with Crippen LogP contribution in [0.5, 0.6) is 0 Å². The van der Waals surface area contributed by atoms with Gasteiger partial charge < -0.3 is 10.0 Å². The van der Waals surface area contributed by atoms with E-state index in [4.69, 9.17) is 5.26 Å². The number of aliphatic hydroxyl groups excluding tert-OH is 1. The van der Waals surface area contributed by atoms with Gasteiger partial charge in [-0.25, -0.2) is 0 Å². The molecule has 1 N–H and O–H groups in total. The fourth-order valence-corrected chi connectivity index (χ4v) is 3.08. The zero-order chi connectivity index (χ0) is 16.8. The maximum atomic E-state index is 10.5. The van der Waals surface area contributed by atoms with Crippen molar-refractivity contribution < 1.29 is 5.11 Å². The number of benzene rings is 1. The summed E-state index contributed by atoms with van der Waals surface area (Å²) in [5, 5.41) is 31.3. The Labute approximate surface area is 144 Å². The molecule has 3 rings (SSSR count). The molecule has 0 radical (unpaired) electrons. The average Bonchev–Trinajstić information content (AvgIpc) is 3.17. The van der Waals surface area contributed by atoms with Crippen LogP contribution in [0.2, 0.25) is 0 Å². The summed E-state index contributed by atoms with van der Waals surface area (Å²) in [6.07, 6.45) is -0.614. The van der Waals surface area contributed by atoms with E-state index in [-0.39, 0.29) is 5.69 Å². The third-order valence-electron chi connectivity index (χ3n) is 3.63. The Hall–Kier alpha value is -2.75. The molecule has 1 atom stereocenters. The van der Waals surface area contributed by atoms with Crippen molar-refractivity contribution in [3.05, 3.63) is 76.1 Å². The van der Waals surface area contributed by atoms with Crippen molar-refractivity contribution >= 4 is 17.2 Å². The second-order valence-corrected chi connectivity index (χ2v) is 6.11. The first kappa shape index (κ1) is 16.1. The highest BCUT2D eigenvalue weighted by molar-refractivity contribution is 7.07. The lowest BCUT2D eigenvalue weighted by atomic mass is 10.1. The second-order valence-electron chi connectivity index (χ2n) is 5.33. The predicted octanol–water partition coefficient (Wildman–Crippen LogP) is 3.15. The molecule has 0 aliphatic carbocycles. The minimum Gasteiger partial charge on any atom is -0.387 e. The lowest BCUT2D eigenvalue weighted by Gasteiger charge is -2.26. The first-order chi connectivity index (χ1) is 11.8. The fraction of sp³-hybridized carbons (Fsp3) is 0.167. The van der Waals surface area contributed by atoms with Gasteiger partial charge in [-0.1, -0.05) is 30.3 Å². The van der Waals surface area contributed by atoms with Gasteiger partial charge in [0.25, 0.3) is 0 Å². The van der Waals surface area contributed by atoms with Gasteiger partial charge in [0.2, 0.25) is 0 Å². The zero-order valence-corrected chi connectivity index (χ0v) is 13.7. The predicted molar refractivity (Wildman–Crippen MR) is 93.5 cm³/mol. The Morgan fingerprint density at radius 3 is 2.58 bits per heavy atom. The zero-order valence-electron chi connectivity index (χ0n) is 12.9. The van der Waals surface area contributed by atoms with E-state index in [1.165, 1.54) is 0 Å². The van der Waals surface area contributed by atoms with Crippen molar-refractivity contribution in [2.75, 3.05) is 11.4 Å². The molecule has 3 aromatic rings. The van der Waals surface area contributed by atoms with E-state index in [0.29, 0.717) is 18.9 Å². The van der Waals surface area contributed by atoms with E-state index in [9.17, 15) is 5.11 Å².